The molecule has 0 N–H and O–H groups in total. The van der Waals surface area contributed by atoms with Gasteiger partial charge in [0.15, 0.2) is 0 Å². The van der Waals surface area contributed by atoms with Gasteiger partial charge in [-0.05, 0) is 54.7 Å². The number of carbonyl (C=O) groups is 1. The van der Waals surface area contributed by atoms with Crippen molar-refractivity contribution < 1.29 is 9.53 Å². The molecule has 4 nitrogen and oxygen atoms in total. The second kappa shape index (κ2) is 8.84. The van der Waals surface area contributed by atoms with Gasteiger partial charge in [-0.2, -0.15) is 0 Å². The molecule has 0 aromatic heterocycles. The van der Waals surface area contributed by atoms with Gasteiger partial charge in [-0.1, -0.05) is 42.3 Å². The third-order valence-electron chi connectivity index (χ3n) is 7.62. The summed E-state index contributed by atoms with van der Waals surface area (Å²) in [4.78, 5) is 18.1. The number of nitrogens with zero attached hydrogens (tertiary/aromatic N) is 2. The van der Waals surface area contributed by atoms with Gasteiger partial charge in [0.25, 0.3) is 0 Å². The summed E-state index contributed by atoms with van der Waals surface area (Å²) < 4.78 is 5.36. The molecule has 5 heteroatoms. The summed E-state index contributed by atoms with van der Waals surface area (Å²) in [5.41, 5.74) is 2.62. The smallest absolute Gasteiger partial charge is 0.225 e. The van der Waals surface area contributed by atoms with Gasteiger partial charge in [0.1, 0.15) is 5.75 Å². The summed E-state index contributed by atoms with van der Waals surface area (Å²) in [5, 5.41) is 0.781. The van der Waals surface area contributed by atoms with Crippen LogP contribution < -0.4 is 4.74 Å². The van der Waals surface area contributed by atoms with Gasteiger partial charge in [0.05, 0.1) is 7.11 Å². The molecule has 164 valence electrons. The number of piperidine rings is 1. The molecule has 3 aliphatic rings. The number of amides is 1. The van der Waals surface area contributed by atoms with E-state index in [4.69, 9.17) is 16.3 Å². The topological polar surface area (TPSA) is 32.8 Å². The SMILES string of the molecule is COc1ccc([C@@H]2CN(C(=O)C3CCC3)[C@H]3CCN(Cc4ccc(Cl)cc4)C[C@@H]23)cc1. The minimum atomic E-state index is 0.266. The average Bonchev–Trinajstić information content (AvgIpc) is 3.13. The number of fused-ring (bicyclic) bond motifs is 1. The van der Waals surface area contributed by atoms with Crippen molar-refractivity contribution in [3.63, 3.8) is 0 Å². The lowest BCUT2D eigenvalue weighted by Crippen LogP contribution is -2.49. The summed E-state index contributed by atoms with van der Waals surface area (Å²) >= 11 is 6.06. The zero-order valence-electron chi connectivity index (χ0n) is 18.2. The summed E-state index contributed by atoms with van der Waals surface area (Å²) in [6.45, 7) is 3.85. The third-order valence-corrected chi connectivity index (χ3v) is 7.87. The van der Waals surface area contributed by atoms with Crippen molar-refractivity contribution in [2.24, 2.45) is 11.8 Å². The molecule has 1 amide bonds. The Morgan fingerprint density at radius 2 is 1.77 bits per heavy atom. The van der Waals surface area contributed by atoms with Crippen LogP contribution in [0.2, 0.25) is 5.02 Å². The molecule has 2 aromatic rings. The third kappa shape index (κ3) is 4.20. The van der Waals surface area contributed by atoms with E-state index in [0.29, 0.717) is 23.8 Å². The Balaban J connectivity index is 1.36. The van der Waals surface area contributed by atoms with Crippen molar-refractivity contribution in [1.29, 1.82) is 0 Å². The van der Waals surface area contributed by atoms with E-state index in [0.717, 1.165) is 56.2 Å². The molecule has 1 aliphatic carbocycles. The molecule has 2 saturated heterocycles. The van der Waals surface area contributed by atoms with E-state index >= 15 is 0 Å². The highest BCUT2D eigenvalue weighted by molar-refractivity contribution is 6.30. The van der Waals surface area contributed by atoms with Crippen LogP contribution in [0.1, 0.15) is 42.7 Å². The molecule has 0 bridgehead atoms. The van der Waals surface area contributed by atoms with Crippen LogP contribution in [0.5, 0.6) is 5.75 Å². The van der Waals surface area contributed by atoms with Crippen LogP contribution in [-0.2, 0) is 11.3 Å². The van der Waals surface area contributed by atoms with Crippen molar-refractivity contribution in [1.82, 2.24) is 9.80 Å². The molecule has 0 spiro atoms. The molecular weight excluding hydrogens is 408 g/mol. The Labute approximate surface area is 190 Å². The van der Waals surface area contributed by atoms with Gasteiger partial charge >= 0.3 is 0 Å². The van der Waals surface area contributed by atoms with Crippen LogP contribution in [0.4, 0.5) is 0 Å². The van der Waals surface area contributed by atoms with E-state index in [-0.39, 0.29) is 5.92 Å². The summed E-state index contributed by atoms with van der Waals surface area (Å²) in [5.74, 6) is 2.41. The Morgan fingerprint density at radius 3 is 2.42 bits per heavy atom. The zero-order chi connectivity index (χ0) is 21.4. The van der Waals surface area contributed by atoms with Gasteiger partial charge in [-0.25, -0.2) is 0 Å². The molecule has 2 aliphatic heterocycles. The first kappa shape index (κ1) is 20.8. The first-order valence-corrected chi connectivity index (χ1v) is 11.9. The second-order valence-electron chi connectivity index (χ2n) is 9.38. The van der Waals surface area contributed by atoms with E-state index in [1.165, 1.54) is 17.5 Å². The van der Waals surface area contributed by atoms with Gasteiger partial charge in [0.2, 0.25) is 5.91 Å². The number of ether oxygens (including phenoxy) is 1. The number of hydrogen-bond acceptors (Lipinski definition) is 3. The van der Waals surface area contributed by atoms with Crippen LogP contribution in [0.15, 0.2) is 48.5 Å². The Bertz CT molecular complexity index is 910. The van der Waals surface area contributed by atoms with Crippen molar-refractivity contribution in [2.75, 3.05) is 26.7 Å². The highest BCUT2D eigenvalue weighted by atomic mass is 35.5. The normalized spacial score (nSPS) is 26.4. The van der Waals surface area contributed by atoms with Gasteiger partial charge in [0, 0.05) is 55.0 Å². The Kier molecular flexibility index (Phi) is 5.94. The largest absolute Gasteiger partial charge is 0.497 e. The maximum atomic E-state index is 13.2. The van der Waals surface area contributed by atoms with Crippen molar-refractivity contribution in [3.8, 4) is 5.75 Å². The van der Waals surface area contributed by atoms with Crippen LogP contribution in [0.3, 0.4) is 0 Å². The van der Waals surface area contributed by atoms with Crippen LogP contribution in [0, 0.1) is 11.8 Å². The molecule has 3 fully saturated rings. The van der Waals surface area contributed by atoms with Gasteiger partial charge in [-0.3, -0.25) is 9.69 Å². The van der Waals surface area contributed by atoms with E-state index in [2.05, 4.69) is 46.2 Å². The summed E-state index contributed by atoms with van der Waals surface area (Å²) in [7, 11) is 1.70. The molecule has 5 rings (SSSR count). The summed E-state index contributed by atoms with van der Waals surface area (Å²) in [6, 6.07) is 17.0. The molecule has 0 radical (unpaired) electrons. The van der Waals surface area contributed by atoms with Gasteiger partial charge < -0.3 is 9.64 Å². The lowest BCUT2D eigenvalue weighted by Gasteiger charge is -2.40. The number of methoxy groups -OCH3 is 1. The first-order chi connectivity index (χ1) is 15.1. The lowest BCUT2D eigenvalue weighted by atomic mass is 9.81. The number of benzene rings is 2. The Morgan fingerprint density at radius 1 is 1.03 bits per heavy atom. The molecule has 1 saturated carbocycles. The van der Waals surface area contributed by atoms with E-state index in [1.807, 2.05) is 12.1 Å². The van der Waals surface area contributed by atoms with Crippen molar-refractivity contribution >= 4 is 17.5 Å². The van der Waals surface area contributed by atoms with Crippen LogP contribution in [-0.4, -0.2) is 48.5 Å². The second-order valence-corrected chi connectivity index (χ2v) is 9.82. The van der Waals surface area contributed by atoms with E-state index in [9.17, 15) is 4.79 Å². The molecular formula is C26H31ClN2O2. The van der Waals surface area contributed by atoms with Crippen molar-refractivity contribution in [2.45, 2.75) is 44.2 Å². The number of hydrogen-bond donors (Lipinski definition) is 0. The predicted molar refractivity (Wildman–Crippen MR) is 123 cm³/mol. The maximum absolute atomic E-state index is 13.2. The lowest BCUT2D eigenvalue weighted by molar-refractivity contribution is -0.140. The van der Waals surface area contributed by atoms with E-state index in [1.54, 1.807) is 7.11 Å². The fourth-order valence-electron chi connectivity index (χ4n) is 5.64. The minimum Gasteiger partial charge on any atom is -0.497 e. The number of likely N-dealkylation sites (tertiary alicyclic amines) is 2. The average molecular weight is 439 g/mol. The highest BCUT2D eigenvalue weighted by Gasteiger charge is 2.48. The monoisotopic (exact) mass is 438 g/mol. The number of halogens is 1. The van der Waals surface area contributed by atoms with Crippen LogP contribution >= 0.6 is 11.6 Å². The van der Waals surface area contributed by atoms with Crippen LogP contribution in [0.25, 0.3) is 0 Å². The molecule has 0 unspecified atom stereocenters. The molecule has 31 heavy (non-hydrogen) atoms. The fraction of sp³-hybridized carbons (Fsp3) is 0.500. The molecule has 2 heterocycles. The fourth-order valence-corrected chi connectivity index (χ4v) is 5.77. The number of rotatable bonds is 5. The first-order valence-electron chi connectivity index (χ1n) is 11.5. The molecule has 3 atom stereocenters. The quantitative estimate of drug-likeness (QED) is 0.661. The summed E-state index contributed by atoms with van der Waals surface area (Å²) in [6.07, 6.45) is 4.41. The van der Waals surface area contributed by atoms with Gasteiger partial charge in [-0.15, -0.1) is 0 Å². The molecule has 2 aromatic carbocycles. The van der Waals surface area contributed by atoms with E-state index < -0.39 is 0 Å². The highest BCUT2D eigenvalue weighted by Crippen LogP contribution is 2.44. The minimum absolute atomic E-state index is 0.266. The standard InChI is InChI=1S/C26H31ClN2O2/c1-31-22-11-7-19(8-12-22)23-17-29(26(30)20-3-2-4-20)25-13-14-28(16-24(23)25)15-18-5-9-21(27)10-6-18/h5-12,20,23-25H,2-4,13-17H2,1H3/t23-,24-,25-/m0/s1. The number of carbonyl (C=O) groups excluding carboxylic acids is 1. The maximum Gasteiger partial charge on any atom is 0.225 e. The van der Waals surface area contributed by atoms with Crippen molar-refractivity contribution in [3.05, 3.63) is 64.7 Å². The predicted octanol–water partition coefficient (Wildman–Crippen LogP) is 4.97. The Hall–Kier alpha value is -2.04. The zero-order valence-corrected chi connectivity index (χ0v) is 18.9.